The van der Waals surface area contributed by atoms with E-state index < -0.39 is 11.5 Å². The van der Waals surface area contributed by atoms with Crippen molar-refractivity contribution >= 4 is 12.0 Å². The van der Waals surface area contributed by atoms with Crippen LogP contribution in [0.1, 0.15) is 32.1 Å². The Morgan fingerprint density at radius 2 is 2.05 bits per heavy atom. The Kier molecular flexibility index (Phi) is 5.41. The number of likely N-dealkylation sites (tertiary alicyclic amines) is 1. The zero-order chi connectivity index (χ0) is 15.3. The summed E-state index contributed by atoms with van der Waals surface area (Å²) < 4.78 is 5.19. The van der Waals surface area contributed by atoms with E-state index in [0.29, 0.717) is 51.5 Å². The molecule has 2 fully saturated rings. The van der Waals surface area contributed by atoms with Crippen molar-refractivity contribution in [2.45, 2.75) is 37.6 Å². The standard InChI is InChI=1S/C14H24N2O5/c17-7-3-11-2-1-6-16(10-11)13(20)15-14(12(18)19)4-8-21-9-5-14/h11,17H,1-10H2,(H,15,20)(H,18,19). The molecular weight excluding hydrogens is 276 g/mol. The van der Waals surface area contributed by atoms with E-state index in [-0.39, 0.29) is 12.6 Å². The van der Waals surface area contributed by atoms with Crippen LogP contribution in [0.2, 0.25) is 0 Å². The number of aliphatic carboxylic acids is 1. The van der Waals surface area contributed by atoms with E-state index >= 15 is 0 Å². The first kappa shape index (κ1) is 16.0. The van der Waals surface area contributed by atoms with Crippen molar-refractivity contribution in [2.24, 2.45) is 5.92 Å². The molecule has 0 spiro atoms. The first-order valence-electron chi connectivity index (χ1n) is 7.56. The molecule has 0 aromatic carbocycles. The van der Waals surface area contributed by atoms with E-state index in [4.69, 9.17) is 9.84 Å². The first-order chi connectivity index (χ1) is 10.1. The monoisotopic (exact) mass is 300 g/mol. The smallest absolute Gasteiger partial charge is 0.329 e. The third kappa shape index (κ3) is 3.85. The SMILES string of the molecule is O=C(NC1(C(=O)O)CCOCC1)N1CCCC(CCO)C1. The van der Waals surface area contributed by atoms with Crippen LogP contribution in [0.25, 0.3) is 0 Å². The van der Waals surface area contributed by atoms with Crippen LogP contribution in [0, 0.1) is 5.92 Å². The zero-order valence-electron chi connectivity index (χ0n) is 12.2. The van der Waals surface area contributed by atoms with E-state index in [1.807, 2.05) is 0 Å². The van der Waals surface area contributed by atoms with Crippen molar-refractivity contribution in [3.63, 3.8) is 0 Å². The predicted molar refractivity (Wildman–Crippen MR) is 75.0 cm³/mol. The molecule has 2 saturated heterocycles. The molecule has 2 aliphatic heterocycles. The second-order valence-electron chi connectivity index (χ2n) is 5.90. The summed E-state index contributed by atoms with van der Waals surface area (Å²) in [5.41, 5.74) is -1.21. The topological polar surface area (TPSA) is 99.1 Å². The highest BCUT2D eigenvalue weighted by molar-refractivity contribution is 5.86. The van der Waals surface area contributed by atoms with Crippen LogP contribution in [-0.4, -0.2) is 65.6 Å². The molecule has 2 amide bonds. The van der Waals surface area contributed by atoms with Gasteiger partial charge in [-0.3, -0.25) is 0 Å². The summed E-state index contributed by atoms with van der Waals surface area (Å²) in [6, 6.07) is -0.318. The van der Waals surface area contributed by atoms with E-state index in [1.165, 1.54) is 0 Å². The largest absolute Gasteiger partial charge is 0.480 e. The Labute approximate surface area is 124 Å². The second-order valence-corrected chi connectivity index (χ2v) is 5.90. The van der Waals surface area contributed by atoms with Gasteiger partial charge in [0.05, 0.1) is 0 Å². The lowest BCUT2D eigenvalue weighted by Gasteiger charge is -2.38. The van der Waals surface area contributed by atoms with E-state index in [1.54, 1.807) is 4.90 Å². The van der Waals surface area contributed by atoms with Gasteiger partial charge in [0.2, 0.25) is 0 Å². The highest BCUT2D eigenvalue weighted by Gasteiger charge is 2.42. The normalized spacial score (nSPS) is 25.4. The third-order valence-corrected chi connectivity index (χ3v) is 4.45. The number of nitrogens with zero attached hydrogens (tertiary/aromatic N) is 1. The molecule has 0 aromatic rings. The lowest BCUT2D eigenvalue weighted by Crippen LogP contribution is -2.61. The van der Waals surface area contributed by atoms with E-state index in [0.717, 1.165) is 12.8 Å². The van der Waals surface area contributed by atoms with E-state index in [9.17, 15) is 14.7 Å². The van der Waals surface area contributed by atoms with E-state index in [2.05, 4.69) is 5.32 Å². The number of hydrogen-bond donors (Lipinski definition) is 3. The Bertz CT molecular complexity index is 380. The molecule has 0 saturated carbocycles. The fourth-order valence-corrected chi connectivity index (χ4v) is 3.06. The maximum atomic E-state index is 12.4. The van der Waals surface area contributed by atoms with Crippen LogP contribution < -0.4 is 5.32 Å². The molecule has 0 radical (unpaired) electrons. The Balaban J connectivity index is 1.97. The number of nitrogens with one attached hydrogen (secondary N) is 1. The van der Waals surface area contributed by atoms with Gasteiger partial charge < -0.3 is 25.2 Å². The van der Waals surface area contributed by atoms with Crippen LogP contribution in [0.15, 0.2) is 0 Å². The van der Waals surface area contributed by atoms with Crippen LogP contribution in [0.4, 0.5) is 4.79 Å². The fourth-order valence-electron chi connectivity index (χ4n) is 3.06. The van der Waals surface area contributed by atoms with Crippen molar-refractivity contribution in [1.29, 1.82) is 0 Å². The first-order valence-corrected chi connectivity index (χ1v) is 7.56. The molecule has 0 aliphatic carbocycles. The highest BCUT2D eigenvalue weighted by atomic mass is 16.5. The summed E-state index contributed by atoms with van der Waals surface area (Å²) in [6.07, 6.45) is 3.16. The van der Waals surface area contributed by atoms with Gasteiger partial charge in [0.25, 0.3) is 0 Å². The number of rotatable bonds is 4. The number of carboxylic acids is 1. The van der Waals surface area contributed by atoms with Gasteiger partial charge in [-0.05, 0) is 25.2 Å². The molecule has 120 valence electrons. The molecule has 2 aliphatic rings. The number of carboxylic acid groups (broad SMARTS) is 1. The molecule has 0 aromatic heterocycles. The number of hydrogen-bond acceptors (Lipinski definition) is 4. The van der Waals surface area contributed by atoms with Gasteiger partial charge in [0, 0.05) is 45.8 Å². The molecule has 7 heteroatoms. The molecule has 1 unspecified atom stereocenters. The number of carbonyl (C=O) groups excluding carboxylic acids is 1. The molecule has 21 heavy (non-hydrogen) atoms. The number of urea groups is 1. The van der Waals surface area contributed by atoms with Gasteiger partial charge in [-0.25, -0.2) is 9.59 Å². The Morgan fingerprint density at radius 3 is 2.67 bits per heavy atom. The number of carbonyl (C=O) groups is 2. The van der Waals surface area contributed by atoms with Crippen LogP contribution in [0.3, 0.4) is 0 Å². The minimum absolute atomic E-state index is 0.122. The number of amides is 2. The number of aliphatic hydroxyl groups excluding tert-OH is 1. The molecule has 2 heterocycles. The zero-order valence-corrected chi connectivity index (χ0v) is 12.2. The third-order valence-electron chi connectivity index (χ3n) is 4.45. The van der Waals surface area contributed by atoms with Crippen LogP contribution in [0.5, 0.6) is 0 Å². The second kappa shape index (κ2) is 7.09. The summed E-state index contributed by atoms with van der Waals surface area (Å²) in [5.74, 6) is -0.701. The summed E-state index contributed by atoms with van der Waals surface area (Å²) in [4.78, 5) is 25.6. The average molecular weight is 300 g/mol. The van der Waals surface area contributed by atoms with Crippen molar-refractivity contribution < 1.29 is 24.5 Å². The summed E-state index contributed by atoms with van der Waals surface area (Å²) in [6.45, 7) is 2.04. The Morgan fingerprint density at radius 1 is 1.33 bits per heavy atom. The fraction of sp³-hybridized carbons (Fsp3) is 0.857. The van der Waals surface area contributed by atoms with Crippen molar-refractivity contribution in [3.8, 4) is 0 Å². The lowest BCUT2D eigenvalue weighted by atomic mass is 9.90. The summed E-state index contributed by atoms with van der Waals surface area (Å²) in [7, 11) is 0. The van der Waals surface area contributed by atoms with Gasteiger partial charge in [-0.1, -0.05) is 0 Å². The summed E-state index contributed by atoms with van der Waals surface area (Å²) >= 11 is 0. The molecule has 7 nitrogen and oxygen atoms in total. The predicted octanol–water partition coefficient (Wildman–Crippen LogP) is 0.424. The quantitative estimate of drug-likeness (QED) is 0.699. The van der Waals surface area contributed by atoms with Crippen LogP contribution >= 0.6 is 0 Å². The number of piperidine rings is 1. The molecule has 0 bridgehead atoms. The minimum atomic E-state index is -1.21. The summed E-state index contributed by atoms with van der Waals surface area (Å²) in [5, 5.41) is 21.2. The lowest BCUT2D eigenvalue weighted by molar-refractivity contribution is -0.148. The Hall–Kier alpha value is -1.34. The van der Waals surface area contributed by atoms with Gasteiger partial charge in [0.15, 0.2) is 0 Å². The molecule has 1 atom stereocenters. The van der Waals surface area contributed by atoms with Crippen molar-refractivity contribution in [1.82, 2.24) is 10.2 Å². The van der Waals surface area contributed by atoms with Crippen molar-refractivity contribution in [2.75, 3.05) is 32.9 Å². The van der Waals surface area contributed by atoms with Gasteiger partial charge in [-0.15, -0.1) is 0 Å². The van der Waals surface area contributed by atoms with Gasteiger partial charge in [0.1, 0.15) is 5.54 Å². The molecular formula is C14H24N2O5. The molecule has 3 N–H and O–H groups in total. The van der Waals surface area contributed by atoms with Crippen molar-refractivity contribution in [3.05, 3.63) is 0 Å². The van der Waals surface area contributed by atoms with Gasteiger partial charge >= 0.3 is 12.0 Å². The average Bonchev–Trinajstić information content (AvgIpc) is 2.48. The highest BCUT2D eigenvalue weighted by Crippen LogP contribution is 2.23. The molecule has 2 rings (SSSR count). The number of aliphatic hydroxyl groups is 1. The maximum absolute atomic E-state index is 12.4. The minimum Gasteiger partial charge on any atom is -0.480 e. The van der Waals surface area contributed by atoms with Crippen LogP contribution in [-0.2, 0) is 9.53 Å². The number of ether oxygens (including phenoxy) is 1. The maximum Gasteiger partial charge on any atom is 0.329 e. The van der Waals surface area contributed by atoms with Gasteiger partial charge in [-0.2, -0.15) is 0 Å².